The highest BCUT2D eigenvalue weighted by atomic mass is 35.5. The standard InChI is InChI=1S/C14H15Cl2NO3/c1-2-14(13(19)20)5-6-17(8-14)12(18)10-7-9(15)3-4-11(10)16/h3-4,7H,2,5-6,8H2,1H3,(H,19,20). The highest BCUT2D eigenvalue weighted by Gasteiger charge is 2.45. The van der Waals surface area contributed by atoms with Crippen LogP contribution < -0.4 is 0 Å². The number of nitrogens with zero attached hydrogens (tertiary/aromatic N) is 1. The monoisotopic (exact) mass is 315 g/mol. The fraction of sp³-hybridized carbons (Fsp3) is 0.429. The van der Waals surface area contributed by atoms with E-state index in [0.29, 0.717) is 35.0 Å². The lowest BCUT2D eigenvalue weighted by atomic mass is 9.84. The molecule has 0 aromatic heterocycles. The van der Waals surface area contributed by atoms with E-state index in [0.717, 1.165) is 0 Å². The number of carboxylic acid groups (broad SMARTS) is 1. The Hall–Kier alpha value is -1.26. The first-order valence-electron chi connectivity index (χ1n) is 6.37. The van der Waals surface area contributed by atoms with Crippen molar-refractivity contribution in [2.24, 2.45) is 5.41 Å². The molecule has 1 aromatic rings. The molecule has 1 N–H and O–H groups in total. The Morgan fingerprint density at radius 3 is 2.65 bits per heavy atom. The number of carboxylic acids is 1. The molecule has 1 heterocycles. The topological polar surface area (TPSA) is 57.6 Å². The molecule has 1 aliphatic rings. The summed E-state index contributed by atoms with van der Waals surface area (Å²) >= 11 is 11.9. The van der Waals surface area contributed by atoms with E-state index in [1.807, 2.05) is 6.92 Å². The molecule has 1 aromatic carbocycles. The van der Waals surface area contributed by atoms with Crippen LogP contribution in [0.3, 0.4) is 0 Å². The minimum Gasteiger partial charge on any atom is -0.481 e. The number of likely N-dealkylation sites (tertiary alicyclic amines) is 1. The molecule has 0 aliphatic carbocycles. The van der Waals surface area contributed by atoms with Crippen LogP contribution >= 0.6 is 23.2 Å². The van der Waals surface area contributed by atoms with Crippen molar-refractivity contribution in [1.82, 2.24) is 4.90 Å². The lowest BCUT2D eigenvalue weighted by Crippen LogP contribution is -2.36. The number of carbonyl (C=O) groups is 2. The Labute approximate surface area is 127 Å². The minimum atomic E-state index is -0.854. The summed E-state index contributed by atoms with van der Waals surface area (Å²) in [5.74, 6) is -1.12. The van der Waals surface area contributed by atoms with Gasteiger partial charge >= 0.3 is 5.97 Å². The Morgan fingerprint density at radius 1 is 1.40 bits per heavy atom. The Balaban J connectivity index is 2.24. The van der Waals surface area contributed by atoms with Gasteiger partial charge in [0, 0.05) is 18.1 Å². The van der Waals surface area contributed by atoms with Crippen molar-refractivity contribution < 1.29 is 14.7 Å². The van der Waals surface area contributed by atoms with Crippen LogP contribution in [0.4, 0.5) is 0 Å². The second kappa shape index (κ2) is 5.62. The molecule has 1 aliphatic heterocycles. The smallest absolute Gasteiger partial charge is 0.311 e. The zero-order chi connectivity index (χ0) is 14.9. The minimum absolute atomic E-state index is 0.209. The highest BCUT2D eigenvalue weighted by molar-refractivity contribution is 6.35. The normalized spacial score (nSPS) is 22.1. The number of rotatable bonds is 3. The van der Waals surface area contributed by atoms with Crippen molar-refractivity contribution in [2.75, 3.05) is 13.1 Å². The van der Waals surface area contributed by atoms with Gasteiger partial charge in [-0.2, -0.15) is 0 Å². The summed E-state index contributed by atoms with van der Waals surface area (Å²) < 4.78 is 0. The third kappa shape index (κ3) is 2.63. The first-order valence-corrected chi connectivity index (χ1v) is 7.13. The molecule has 0 bridgehead atoms. The number of aliphatic carboxylic acids is 1. The maximum Gasteiger partial charge on any atom is 0.311 e. The van der Waals surface area contributed by atoms with E-state index in [2.05, 4.69) is 0 Å². The largest absolute Gasteiger partial charge is 0.481 e. The van der Waals surface area contributed by atoms with Gasteiger partial charge in [0.15, 0.2) is 0 Å². The first-order chi connectivity index (χ1) is 9.39. The molecule has 0 saturated carbocycles. The molecule has 0 radical (unpaired) electrons. The van der Waals surface area contributed by atoms with Crippen molar-refractivity contribution in [3.8, 4) is 0 Å². The summed E-state index contributed by atoms with van der Waals surface area (Å²) in [5, 5.41) is 10.1. The van der Waals surface area contributed by atoms with E-state index in [-0.39, 0.29) is 12.5 Å². The average molecular weight is 316 g/mol. The third-order valence-corrected chi connectivity index (χ3v) is 4.49. The van der Waals surface area contributed by atoms with Crippen molar-refractivity contribution in [3.63, 3.8) is 0 Å². The Kier molecular flexibility index (Phi) is 4.25. The van der Waals surface area contributed by atoms with Crippen LogP contribution in [-0.2, 0) is 4.79 Å². The maximum atomic E-state index is 12.4. The summed E-state index contributed by atoms with van der Waals surface area (Å²) in [6, 6.07) is 4.69. The van der Waals surface area contributed by atoms with Crippen molar-refractivity contribution in [2.45, 2.75) is 19.8 Å². The second-order valence-electron chi connectivity index (χ2n) is 5.04. The van der Waals surface area contributed by atoms with Crippen molar-refractivity contribution in [1.29, 1.82) is 0 Å². The van der Waals surface area contributed by atoms with Crippen LogP contribution in [0.5, 0.6) is 0 Å². The number of amides is 1. The molecule has 6 heteroatoms. The van der Waals surface area contributed by atoms with Gasteiger partial charge in [-0.15, -0.1) is 0 Å². The van der Waals surface area contributed by atoms with Crippen LogP contribution in [0.1, 0.15) is 30.1 Å². The van der Waals surface area contributed by atoms with Gasteiger partial charge in [0.1, 0.15) is 0 Å². The lowest BCUT2D eigenvalue weighted by molar-refractivity contribution is -0.148. The molecular weight excluding hydrogens is 301 g/mol. The van der Waals surface area contributed by atoms with Crippen LogP contribution in [0.15, 0.2) is 18.2 Å². The highest BCUT2D eigenvalue weighted by Crippen LogP contribution is 2.35. The molecule has 0 spiro atoms. The van der Waals surface area contributed by atoms with Crippen molar-refractivity contribution >= 4 is 35.1 Å². The van der Waals surface area contributed by atoms with Gasteiger partial charge < -0.3 is 10.0 Å². The van der Waals surface area contributed by atoms with Gasteiger partial charge in [0.05, 0.1) is 16.0 Å². The summed E-state index contributed by atoms with van der Waals surface area (Å²) in [6.07, 6.45) is 0.956. The molecule has 20 heavy (non-hydrogen) atoms. The number of hydrogen-bond acceptors (Lipinski definition) is 2. The van der Waals surface area contributed by atoms with Gasteiger partial charge in [0.2, 0.25) is 0 Å². The third-order valence-electron chi connectivity index (χ3n) is 3.93. The van der Waals surface area contributed by atoms with Crippen molar-refractivity contribution in [3.05, 3.63) is 33.8 Å². The summed E-state index contributed by atoms with van der Waals surface area (Å²) in [6.45, 7) is 2.46. The second-order valence-corrected chi connectivity index (χ2v) is 5.88. The zero-order valence-corrected chi connectivity index (χ0v) is 12.5. The number of hydrogen-bond donors (Lipinski definition) is 1. The van der Waals surface area contributed by atoms with Gasteiger partial charge in [-0.05, 0) is 31.0 Å². The summed E-state index contributed by atoms with van der Waals surface area (Å²) in [4.78, 5) is 25.4. The molecule has 4 nitrogen and oxygen atoms in total. The summed E-state index contributed by atoms with van der Waals surface area (Å²) in [7, 11) is 0. The molecule has 1 amide bonds. The summed E-state index contributed by atoms with van der Waals surface area (Å²) in [5.41, 5.74) is -0.530. The molecular formula is C14H15Cl2NO3. The van der Waals surface area contributed by atoms with E-state index in [1.54, 1.807) is 12.1 Å². The van der Waals surface area contributed by atoms with E-state index in [4.69, 9.17) is 23.2 Å². The average Bonchev–Trinajstić information content (AvgIpc) is 2.86. The fourth-order valence-electron chi connectivity index (χ4n) is 2.49. The molecule has 1 saturated heterocycles. The molecule has 2 rings (SSSR count). The number of halogens is 2. The van der Waals surface area contributed by atoms with Gasteiger partial charge in [-0.3, -0.25) is 9.59 Å². The van der Waals surface area contributed by atoms with E-state index >= 15 is 0 Å². The number of carbonyl (C=O) groups excluding carboxylic acids is 1. The molecule has 1 atom stereocenters. The van der Waals surface area contributed by atoms with Gasteiger partial charge in [-0.1, -0.05) is 30.1 Å². The quantitative estimate of drug-likeness (QED) is 0.930. The predicted octanol–water partition coefficient (Wildman–Crippen LogP) is 3.32. The van der Waals surface area contributed by atoms with Gasteiger partial charge in [0.25, 0.3) is 5.91 Å². The van der Waals surface area contributed by atoms with Crippen LogP contribution in [0.2, 0.25) is 10.0 Å². The van der Waals surface area contributed by atoms with Gasteiger partial charge in [-0.25, -0.2) is 0 Å². The van der Waals surface area contributed by atoms with E-state index < -0.39 is 11.4 Å². The fourth-order valence-corrected chi connectivity index (χ4v) is 2.86. The van der Waals surface area contributed by atoms with E-state index in [1.165, 1.54) is 11.0 Å². The van der Waals surface area contributed by atoms with Crippen LogP contribution in [-0.4, -0.2) is 35.0 Å². The molecule has 1 unspecified atom stereocenters. The van der Waals surface area contributed by atoms with E-state index in [9.17, 15) is 14.7 Å². The Bertz CT molecular complexity index is 561. The first kappa shape index (κ1) is 15.1. The predicted molar refractivity (Wildman–Crippen MR) is 77.3 cm³/mol. The lowest BCUT2D eigenvalue weighted by Gasteiger charge is -2.23. The van der Waals surface area contributed by atoms with Crippen LogP contribution in [0, 0.1) is 5.41 Å². The zero-order valence-electron chi connectivity index (χ0n) is 11.0. The Morgan fingerprint density at radius 2 is 2.10 bits per heavy atom. The maximum absolute atomic E-state index is 12.4. The SMILES string of the molecule is CCC1(C(=O)O)CCN(C(=O)c2cc(Cl)ccc2Cl)C1. The number of benzene rings is 1. The molecule has 1 fully saturated rings. The van der Waals surface area contributed by atoms with Crippen LogP contribution in [0.25, 0.3) is 0 Å². The molecule has 108 valence electrons.